The fraction of sp³-hybridized carbons (Fsp3) is 0.407. The van der Waals surface area contributed by atoms with Gasteiger partial charge in [0.25, 0.3) is 0 Å². The van der Waals surface area contributed by atoms with Gasteiger partial charge in [0, 0.05) is 0 Å². The standard InChI is InChI=1S/C27H34N.2ClH.Ti/c1-20(22-11-7-5-8-12-22)17-24-15-16-26(27(3,4)19-28)25(24)18-21(2)23-13-9-6-10-14-23;;;/h5-14,20-21H,15,17-19,28H2,1-4H3;2*1H;/q;;;+2/p-2. The van der Waals surface area contributed by atoms with Crippen LogP contribution in [0.2, 0.25) is 0 Å². The second-order valence-corrected chi connectivity index (χ2v) is 10.2. The minimum absolute atomic E-state index is 0. The number of hydrogen-bond donors (Lipinski definition) is 1. The Hall–Kier alpha value is -0.826. The molecule has 2 aromatic carbocycles. The summed E-state index contributed by atoms with van der Waals surface area (Å²) < 4.78 is 1.52. The van der Waals surface area contributed by atoms with E-state index in [0.29, 0.717) is 18.4 Å². The summed E-state index contributed by atoms with van der Waals surface area (Å²) in [6.07, 6.45) is 3.33. The summed E-state index contributed by atoms with van der Waals surface area (Å²) in [5.41, 5.74) is 13.8. The predicted molar refractivity (Wildman–Crippen MR) is 120 cm³/mol. The smallest absolute Gasteiger partial charge is 1.00 e. The monoisotopic (exact) mass is 490 g/mol. The summed E-state index contributed by atoms with van der Waals surface area (Å²) in [5.74, 6) is 1.03. The Morgan fingerprint density at radius 3 is 1.74 bits per heavy atom. The third-order valence-corrected chi connectivity index (χ3v) is 7.07. The van der Waals surface area contributed by atoms with E-state index >= 15 is 0 Å². The van der Waals surface area contributed by atoms with E-state index < -0.39 is 0 Å². The van der Waals surface area contributed by atoms with Gasteiger partial charge in [0.1, 0.15) is 0 Å². The van der Waals surface area contributed by atoms with E-state index in [-0.39, 0.29) is 30.2 Å². The van der Waals surface area contributed by atoms with Crippen molar-refractivity contribution < 1.29 is 45.2 Å². The zero-order valence-electron chi connectivity index (χ0n) is 19.1. The van der Waals surface area contributed by atoms with Gasteiger partial charge in [-0.15, -0.1) is 0 Å². The Balaban J connectivity index is 0.00000240. The van der Waals surface area contributed by atoms with Crippen molar-refractivity contribution in [2.24, 2.45) is 11.1 Å². The van der Waals surface area contributed by atoms with Gasteiger partial charge in [-0.2, -0.15) is 0 Å². The molecule has 3 rings (SSSR count). The van der Waals surface area contributed by atoms with Crippen LogP contribution in [0.4, 0.5) is 0 Å². The zero-order chi connectivity index (χ0) is 21.0. The first-order valence-electron chi connectivity index (χ1n) is 10.8. The first-order chi connectivity index (χ1) is 13.8. The van der Waals surface area contributed by atoms with Crippen LogP contribution in [0.15, 0.2) is 81.3 Å². The molecular weight excluding hydrogens is 457 g/mol. The summed E-state index contributed by atoms with van der Waals surface area (Å²) in [5, 5.41) is 0. The molecule has 1 aliphatic carbocycles. The van der Waals surface area contributed by atoms with E-state index in [4.69, 9.17) is 5.73 Å². The van der Waals surface area contributed by atoms with Gasteiger partial charge in [-0.1, -0.05) is 0 Å². The Bertz CT molecular complexity index is 888. The third-order valence-electron chi connectivity index (χ3n) is 6.41. The van der Waals surface area contributed by atoms with Crippen LogP contribution in [-0.4, -0.2) is 6.54 Å². The molecule has 2 unspecified atom stereocenters. The van der Waals surface area contributed by atoms with E-state index in [2.05, 4.69) is 109 Å². The predicted octanol–water partition coefficient (Wildman–Crippen LogP) is 0.868. The number of halogens is 2. The van der Waals surface area contributed by atoms with Crippen LogP contribution >= 0.6 is 0 Å². The van der Waals surface area contributed by atoms with Crippen LogP contribution in [-0.2, 0) is 20.4 Å². The minimum Gasteiger partial charge on any atom is -1.00 e. The molecule has 2 N–H and O–H groups in total. The van der Waals surface area contributed by atoms with Gasteiger partial charge in [0.05, 0.1) is 0 Å². The van der Waals surface area contributed by atoms with Crippen LogP contribution < -0.4 is 30.5 Å². The van der Waals surface area contributed by atoms with Crippen molar-refractivity contribution in [1.82, 2.24) is 0 Å². The van der Waals surface area contributed by atoms with Gasteiger partial charge < -0.3 is 24.8 Å². The first-order valence-corrected chi connectivity index (χ1v) is 11.6. The Kier molecular flexibility index (Phi) is 11.3. The van der Waals surface area contributed by atoms with E-state index in [0.717, 1.165) is 19.3 Å². The maximum Gasteiger partial charge on any atom is -1.00 e. The normalized spacial score (nSPS) is 16.0. The fourth-order valence-electron chi connectivity index (χ4n) is 4.60. The number of benzene rings is 2. The average molecular weight is 491 g/mol. The summed E-state index contributed by atoms with van der Waals surface area (Å²) in [7, 11) is 0. The van der Waals surface area contributed by atoms with E-state index in [1.807, 2.05) is 0 Å². The SMILES string of the molecule is CC(CC1=C(CC(C)c2ccccc2)C(C(C)(C)CN)=[C]([Ti+2])C1)c1ccccc1.[Cl-].[Cl-]. The van der Waals surface area contributed by atoms with Crippen molar-refractivity contribution >= 4 is 0 Å². The molecule has 0 saturated carbocycles. The number of rotatable bonds is 8. The van der Waals surface area contributed by atoms with Crippen molar-refractivity contribution in [2.45, 2.75) is 58.8 Å². The second kappa shape index (κ2) is 12.4. The second-order valence-electron chi connectivity index (χ2n) is 9.23. The molecule has 165 valence electrons. The van der Waals surface area contributed by atoms with Gasteiger partial charge in [0.15, 0.2) is 0 Å². The van der Waals surface area contributed by atoms with Crippen molar-refractivity contribution in [3.8, 4) is 0 Å². The molecule has 2 aromatic rings. The van der Waals surface area contributed by atoms with Gasteiger partial charge >= 0.3 is 189 Å². The van der Waals surface area contributed by atoms with Crippen LogP contribution in [0.25, 0.3) is 0 Å². The van der Waals surface area contributed by atoms with Crippen LogP contribution in [0, 0.1) is 5.41 Å². The molecule has 0 fully saturated rings. The van der Waals surface area contributed by atoms with Crippen molar-refractivity contribution in [3.63, 3.8) is 0 Å². The molecule has 4 heteroatoms. The van der Waals surface area contributed by atoms with Gasteiger partial charge in [-0.25, -0.2) is 0 Å². The van der Waals surface area contributed by atoms with E-state index in [1.54, 1.807) is 11.1 Å². The average Bonchev–Trinajstić information content (AvgIpc) is 3.04. The number of nitrogens with two attached hydrogens (primary N) is 1. The number of allylic oxidation sites excluding steroid dienone is 3. The summed E-state index contributed by atoms with van der Waals surface area (Å²) in [4.78, 5) is 0. The van der Waals surface area contributed by atoms with Crippen LogP contribution in [0.5, 0.6) is 0 Å². The van der Waals surface area contributed by atoms with Gasteiger partial charge in [0.2, 0.25) is 0 Å². The molecule has 1 nitrogen and oxygen atoms in total. The quantitative estimate of drug-likeness (QED) is 0.546. The van der Waals surface area contributed by atoms with Crippen molar-refractivity contribution in [3.05, 3.63) is 92.4 Å². The molecule has 0 aliphatic heterocycles. The molecule has 0 heterocycles. The molecule has 2 atom stereocenters. The fourth-order valence-corrected chi connectivity index (χ4v) is 5.70. The summed E-state index contributed by atoms with van der Waals surface area (Å²) in [6.45, 7) is 10.0. The molecule has 0 radical (unpaired) electrons. The van der Waals surface area contributed by atoms with Crippen molar-refractivity contribution in [1.29, 1.82) is 0 Å². The molecular formula is C27H34Cl2NTi. The van der Waals surface area contributed by atoms with Gasteiger partial charge in [-0.05, 0) is 0 Å². The topological polar surface area (TPSA) is 26.0 Å². The summed E-state index contributed by atoms with van der Waals surface area (Å²) in [6, 6.07) is 21.9. The van der Waals surface area contributed by atoms with Crippen molar-refractivity contribution in [2.75, 3.05) is 6.54 Å². The molecule has 0 amide bonds. The maximum absolute atomic E-state index is 6.23. The molecule has 31 heavy (non-hydrogen) atoms. The Morgan fingerprint density at radius 1 is 0.839 bits per heavy atom. The van der Waals surface area contributed by atoms with Crippen LogP contribution in [0.1, 0.15) is 69.9 Å². The van der Waals surface area contributed by atoms with E-state index in [1.165, 1.54) is 20.6 Å². The molecule has 0 aromatic heterocycles. The first kappa shape index (κ1) is 28.2. The molecule has 0 saturated heterocycles. The van der Waals surface area contributed by atoms with Crippen LogP contribution in [0.3, 0.4) is 0 Å². The Labute approximate surface area is 213 Å². The molecule has 1 aliphatic rings. The Morgan fingerprint density at radius 2 is 1.29 bits per heavy atom. The van der Waals surface area contributed by atoms with E-state index in [9.17, 15) is 0 Å². The summed E-state index contributed by atoms with van der Waals surface area (Å²) >= 11 is 2.32. The molecule has 0 spiro atoms. The maximum atomic E-state index is 6.23. The third kappa shape index (κ3) is 6.83. The largest absolute Gasteiger partial charge is 1.00 e. The zero-order valence-corrected chi connectivity index (χ0v) is 22.2. The minimum atomic E-state index is 0. The molecule has 0 bridgehead atoms. The van der Waals surface area contributed by atoms with Gasteiger partial charge in [-0.3, -0.25) is 0 Å². The number of hydrogen-bond acceptors (Lipinski definition) is 1.